The fourth-order valence-electron chi connectivity index (χ4n) is 2.31. The zero-order chi connectivity index (χ0) is 12.5. The first-order valence-corrected chi connectivity index (χ1v) is 6.76. The van der Waals surface area contributed by atoms with E-state index >= 15 is 0 Å². The third-order valence-corrected chi connectivity index (χ3v) is 3.94. The minimum Gasteiger partial charge on any atom is -0.373 e. The number of hydrogen-bond donors (Lipinski definition) is 2. The first kappa shape index (κ1) is 11.5. The highest BCUT2D eigenvalue weighted by Gasteiger charge is 2.24. The van der Waals surface area contributed by atoms with Crippen molar-refractivity contribution in [3.63, 3.8) is 0 Å². The van der Waals surface area contributed by atoms with Gasteiger partial charge in [-0.05, 0) is 23.9 Å². The monoisotopic (exact) mass is 304 g/mol. The maximum Gasteiger partial charge on any atom is 0.242 e. The molecule has 1 fully saturated rings. The highest BCUT2D eigenvalue weighted by atomic mass is 79.9. The summed E-state index contributed by atoms with van der Waals surface area (Å²) in [5.41, 5.74) is 1.01. The summed E-state index contributed by atoms with van der Waals surface area (Å²) in [5.74, 6) is 0.0852. The van der Waals surface area contributed by atoms with Gasteiger partial charge in [0.05, 0.1) is 0 Å². The van der Waals surface area contributed by atoms with Gasteiger partial charge in [-0.3, -0.25) is 4.79 Å². The molecule has 0 radical (unpaired) electrons. The lowest BCUT2D eigenvalue weighted by Crippen LogP contribution is -2.29. The van der Waals surface area contributed by atoms with E-state index in [1.165, 1.54) is 0 Å². The number of amides is 1. The molecule has 0 aromatic heterocycles. The Bertz CT molecular complexity index is 612. The lowest BCUT2D eigenvalue weighted by molar-refractivity contribution is -0.119. The fourth-order valence-corrected chi connectivity index (χ4v) is 2.79. The molecule has 3 rings (SSSR count). The second-order valence-electron chi connectivity index (χ2n) is 4.42. The van der Waals surface area contributed by atoms with Crippen molar-refractivity contribution in [2.45, 2.75) is 12.5 Å². The largest absolute Gasteiger partial charge is 0.373 e. The summed E-state index contributed by atoms with van der Waals surface area (Å²) < 4.78 is 1.07. The Kier molecular flexibility index (Phi) is 2.96. The minimum atomic E-state index is -0.116. The van der Waals surface area contributed by atoms with Crippen LogP contribution in [0.25, 0.3) is 10.8 Å². The quantitative estimate of drug-likeness (QED) is 0.896. The van der Waals surface area contributed by atoms with Crippen molar-refractivity contribution in [1.29, 1.82) is 0 Å². The molecule has 1 aliphatic heterocycles. The third kappa shape index (κ3) is 1.97. The van der Waals surface area contributed by atoms with Crippen LogP contribution in [0.15, 0.2) is 40.9 Å². The number of rotatable bonds is 2. The maximum absolute atomic E-state index is 11.6. The van der Waals surface area contributed by atoms with Crippen LogP contribution in [-0.4, -0.2) is 18.5 Å². The van der Waals surface area contributed by atoms with Crippen molar-refractivity contribution in [3.8, 4) is 0 Å². The lowest BCUT2D eigenvalue weighted by Gasteiger charge is -2.14. The Hall–Kier alpha value is -1.55. The van der Waals surface area contributed by atoms with Gasteiger partial charge in [0.1, 0.15) is 6.04 Å². The lowest BCUT2D eigenvalue weighted by atomic mass is 10.1. The molecule has 92 valence electrons. The average molecular weight is 305 g/mol. The summed E-state index contributed by atoms with van der Waals surface area (Å²) in [5, 5.41) is 8.45. The van der Waals surface area contributed by atoms with Gasteiger partial charge < -0.3 is 10.6 Å². The van der Waals surface area contributed by atoms with Crippen LogP contribution in [0.2, 0.25) is 0 Å². The molecule has 0 spiro atoms. The Morgan fingerprint density at radius 3 is 2.67 bits per heavy atom. The van der Waals surface area contributed by atoms with Crippen molar-refractivity contribution in [2.75, 3.05) is 11.9 Å². The SMILES string of the molecule is O=C1NCC[C@@H]1Nc1ccc(Br)c2ccccc12. The number of halogens is 1. The molecule has 0 unspecified atom stereocenters. The second kappa shape index (κ2) is 4.61. The van der Waals surface area contributed by atoms with Crippen molar-refractivity contribution in [1.82, 2.24) is 5.32 Å². The van der Waals surface area contributed by atoms with Crippen molar-refractivity contribution in [3.05, 3.63) is 40.9 Å². The van der Waals surface area contributed by atoms with E-state index in [2.05, 4.69) is 38.7 Å². The third-order valence-electron chi connectivity index (χ3n) is 3.25. The van der Waals surface area contributed by atoms with E-state index in [9.17, 15) is 4.79 Å². The van der Waals surface area contributed by atoms with Crippen LogP contribution < -0.4 is 10.6 Å². The number of nitrogens with one attached hydrogen (secondary N) is 2. The predicted molar refractivity (Wildman–Crippen MR) is 76.7 cm³/mol. The number of carbonyl (C=O) groups is 1. The molecule has 0 bridgehead atoms. The molecule has 0 saturated carbocycles. The number of carbonyl (C=O) groups excluding carboxylic acids is 1. The number of fused-ring (bicyclic) bond motifs is 1. The van der Waals surface area contributed by atoms with Crippen LogP contribution >= 0.6 is 15.9 Å². The van der Waals surface area contributed by atoms with Crippen LogP contribution in [0.4, 0.5) is 5.69 Å². The highest BCUT2D eigenvalue weighted by Crippen LogP contribution is 2.30. The summed E-state index contributed by atoms with van der Waals surface area (Å²) in [6, 6.07) is 12.1. The summed E-state index contributed by atoms with van der Waals surface area (Å²) in [4.78, 5) is 11.6. The molecule has 1 aliphatic rings. The summed E-state index contributed by atoms with van der Waals surface area (Å²) in [6.45, 7) is 0.755. The average Bonchev–Trinajstić information content (AvgIpc) is 2.79. The van der Waals surface area contributed by atoms with Gasteiger partial charge >= 0.3 is 0 Å². The molecule has 3 nitrogen and oxygen atoms in total. The van der Waals surface area contributed by atoms with Gasteiger partial charge in [0.2, 0.25) is 5.91 Å². The Balaban J connectivity index is 2.02. The van der Waals surface area contributed by atoms with Crippen LogP contribution in [0.5, 0.6) is 0 Å². The Morgan fingerprint density at radius 1 is 1.17 bits per heavy atom. The zero-order valence-corrected chi connectivity index (χ0v) is 11.3. The first-order valence-electron chi connectivity index (χ1n) is 5.97. The molecule has 1 atom stereocenters. The maximum atomic E-state index is 11.6. The van der Waals surface area contributed by atoms with Crippen molar-refractivity contribution >= 4 is 38.3 Å². The minimum absolute atomic E-state index is 0.0852. The van der Waals surface area contributed by atoms with E-state index < -0.39 is 0 Å². The predicted octanol–water partition coefficient (Wildman–Crippen LogP) is 2.90. The summed E-state index contributed by atoms with van der Waals surface area (Å²) in [7, 11) is 0. The molecule has 18 heavy (non-hydrogen) atoms. The number of anilines is 1. The molecular weight excluding hydrogens is 292 g/mol. The molecule has 0 aliphatic carbocycles. The van der Waals surface area contributed by atoms with Gasteiger partial charge in [-0.1, -0.05) is 40.2 Å². The normalized spacial score (nSPS) is 18.9. The molecule has 1 amide bonds. The van der Waals surface area contributed by atoms with E-state index in [1.54, 1.807) is 0 Å². The molecular formula is C14H13BrN2O. The van der Waals surface area contributed by atoms with Gasteiger partial charge in [0.25, 0.3) is 0 Å². The first-order chi connectivity index (χ1) is 8.75. The van der Waals surface area contributed by atoms with E-state index in [4.69, 9.17) is 0 Å². The zero-order valence-electron chi connectivity index (χ0n) is 9.74. The number of hydrogen-bond acceptors (Lipinski definition) is 2. The van der Waals surface area contributed by atoms with Crippen molar-refractivity contribution in [2.24, 2.45) is 0 Å². The summed E-state index contributed by atoms with van der Waals surface area (Å²) in [6.07, 6.45) is 0.837. The van der Waals surface area contributed by atoms with Gasteiger partial charge in [-0.15, -0.1) is 0 Å². The smallest absolute Gasteiger partial charge is 0.242 e. The molecule has 1 saturated heterocycles. The van der Waals surface area contributed by atoms with E-state index in [0.29, 0.717) is 0 Å². The van der Waals surface area contributed by atoms with Crippen molar-refractivity contribution < 1.29 is 4.79 Å². The van der Waals surface area contributed by atoms with Gasteiger partial charge in [-0.2, -0.15) is 0 Å². The molecule has 4 heteroatoms. The number of benzene rings is 2. The Labute approximate surface area is 114 Å². The van der Waals surface area contributed by atoms with Crippen LogP contribution in [0.1, 0.15) is 6.42 Å². The van der Waals surface area contributed by atoms with E-state index in [-0.39, 0.29) is 11.9 Å². The van der Waals surface area contributed by atoms with E-state index in [1.807, 2.05) is 24.3 Å². The van der Waals surface area contributed by atoms with Gasteiger partial charge in [-0.25, -0.2) is 0 Å². The molecule has 1 heterocycles. The second-order valence-corrected chi connectivity index (χ2v) is 5.27. The Morgan fingerprint density at radius 2 is 1.94 bits per heavy atom. The van der Waals surface area contributed by atoms with Crippen LogP contribution in [0.3, 0.4) is 0 Å². The van der Waals surface area contributed by atoms with Crippen LogP contribution in [-0.2, 0) is 4.79 Å². The van der Waals surface area contributed by atoms with Crippen LogP contribution in [0, 0.1) is 0 Å². The molecule has 2 N–H and O–H groups in total. The summed E-state index contributed by atoms with van der Waals surface area (Å²) >= 11 is 3.55. The standard InChI is InChI=1S/C14H13BrN2O/c15-11-5-6-12(10-4-2-1-3-9(10)11)17-13-7-8-16-14(13)18/h1-6,13,17H,7-8H2,(H,16,18)/t13-/m0/s1. The van der Waals surface area contributed by atoms with E-state index in [0.717, 1.165) is 33.9 Å². The molecule has 2 aromatic rings. The fraction of sp³-hybridized carbons (Fsp3) is 0.214. The topological polar surface area (TPSA) is 41.1 Å². The van der Waals surface area contributed by atoms with Gasteiger partial charge in [0.15, 0.2) is 0 Å². The molecule has 2 aromatic carbocycles. The highest BCUT2D eigenvalue weighted by molar-refractivity contribution is 9.10. The van der Waals surface area contributed by atoms with Gasteiger partial charge in [0, 0.05) is 22.1 Å².